The summed E-state index contributed by atoms with van der Waals surface area (Å²) in [7, 11) is 3.37. The largest absolute Gasteiger partial charge is 0.513 e. The van der Waals surface area contributed by atoms with Crippen LogP contribution >= 0.6 is 0 Å². The van der Waals surface area contributed by atoms with Crippen LogP contribution in [-0.4, -0.2) is 64.0 Å². The number of benzene rings is 1. The van der Waals surface area contributed by atoms with Gasteiger partial charge in [-0.1, -0.05) is 6.07 Å². The Morgan fingerprint density at radius 1 is 0.806 bits per heavy atom. The maximum absolute atomic E-state index is 12.3. The van der Waals surface area contributed by atoms with Crippen molar-refractivity contribution in [3.63, 3.8) is 0 Å². The molecule has 2 N–H and O–H groups in total. The number of methoxy groups -OCH3 is 3. The summed E-state index contributed by atoms with van der Waals surface area (Å²) in [6.45, 7) is 3.05. The molecule has 0 fully saturated rings. The topological polar surface area (TPSA) is 159 Å². The molecule has 0 bridgehead atoms. The molecule has 1 rings (SSSR count). The predicted octanol–water partition coefficient (Wildman–Crippen LogP) is 1.95. The Morgan fingerprint density at radius 2 is 1.32 bits per heavy atom. The Hall–Kier alpha value is -3.54. The van der Waals surface area contributed by atoms with E-state index < -0.39 is 42.7 Å². The summed E-state index contributed by atoms with van der Waals surface area (Å²) in [4.78, 5) is 46.2. The summed E-state index contributed by atoms with van der Waals surface area (Å²) < 4.78 is 33.2. The van der Waals surface area contributed by atoms with Crippen molar-refractivity contribution in [1.82, 2.24) is 0 Å². The average molecular weight is 443 g/mol. The highest BCUT2D eigenvalue weighted by Crippen LogP contribution is 2.29. The summed E-state index contributed by atoms with van der Waals surface area (Å²) in [5, 5.41) is 0. The molecule has 0 amide bonds. The predicted molar refractivity (Wildman–Crippen MR) is 103 cm³/mol. The van der Waals surface area contributed by atoms with Crippen molar-refractivity contribution in [2.75, 3.05) is 21.3 Å². The summed E-state index contributed by atoms with van der Waals surface area (Å²) >= 11 is 0. The van der Waals surface area contributed by atoms with Gasteiger partial charge in [-0.05, 0) is 38.0 Å². The SMILES string of the molecule is COC(=O)Oc1ccc(C[C@H](N)C(=O)O[C@@H](C)[C@H](C)OC(=O)OC)cc1OC(=O)OC. The second kappa shape index (κ2) is 12.2. The third kappa shape index (κ3) is 8.38. The molecule has 0 heterocycles. The Morgan fingerprint density at radius 3 is 1.87 bits per heavy atom. The van der Waals surface area contributed by atoms with E-state index in [4.69, 9.17) is 24.7 Å². The van der Waals surface area contributed by atoms with Crippen molar-refractivity contribution >= 4 is 24.4 Å². The fourth-order valence-corrected chi connectivity index (χ4v) is 2.11. The summed E-state index contributed by atoms with van der Waals surface area (Å²) in [6, 6.07) is 3.08. The normalized spacial score (nSPS) is 13.1. The first-order valence-corrected chi connectivity index (χ1v) is 8.96. The van der Waals surface area contributed by atoms with Crippen LogP contribution in [0.15, 0.2) is 18.2 Å². The van der Waals surface area contributed by atoms with Gasteiger partial charge in [-0.25, -0.2) is 14.4 Å². The van der Waals surface area contributed by atoms with Crippen molar-refractivity contribution in [2.24, 2.45) is 5.73 Å². The van der Waals surface area contributed by atoms with E-state index in [1.54, 1.807) is 0 Å². The van der Waals surface area contributed by atoms with E-state index in [0.29, 0.717) is 5.56 Å². The van der Waals surface area contributed by atoms with Crippen molar-refractivity contribution in [3.05, 3.63) is 23.8 Å². The molecule has 31 heavy (non-hydrogen) atoms. The van der Waals surface area contributed by atoms with Crippen LogP contribution in [0.3, 0.4) is 0 Å². The monoisotopic (exact) mass is 443 g/mol. The standard InChI is InChI=1S/C19H25NO11/c1-10(11(2)29-17(22)25-3)28-16(21)13(20)8-12-6-7-14(30-18(23)26-4)15(9-12)31-19(24)27-5/h6-7,9-11,13H,8,20H2,1-5H3/t10-,11-,13-/m0/s1. The van der Waals surface area contributed by atoms with Gasteiger partial charge in [0.05, 0.1) is 21.3 Å². The minimum Gasteiger partial charge on any atom is -0.458 e. The molecular formula is C19H25NO11. The van der Waals surface area contributed by atoms with Crippen LogP contribution in [0.5, 0.6) is 11.5 Å². The van der Waals surface area contributed by atoms with Gasteiger partial charge < -0.3 is 38.9 Å². The van der Waals surface area contributed by atoms with Crippen LogP contribution in [0.25, 0.3) is 0 Å². The Kier molecular flexibility index (Phi) is 10.1. The molecule has 1 aromatic carbocycles. The zero-order valence-corrected chi connectivity index (χ0v) is 17.7. The smallest absolute Gasteiger partial charge is 0.458 e. The Balaban J connectivity index is 2.86. The lowest BCUT2D eigenvalue weighted by Gasteiger charge is -2.22. The number of hydrogen-bond acceptors (Lipinski definition) is 12. The minimum atomic E-state index is -1.09. The molecule has 0 aromatic heterocycles. The quantitative estimate of drug-likeness (QED) is 0.354. The molecule has 0 aliphatic heterocycles. The van der Waals surface area contributed by atoms with E-state index in [1.807, 2.05) is 0 Å². The lowest BCUT2D eigenvalue weighted by atomic mass is 10.1. The molecule has 0 unspecified atom stereocenters. The molecule has 12 heteroatoms. The van der Waals surface area contributed by atoms with Gasteiger partial charge in [-0.3, -0.25) is 4.79 Å². The van der Waals surface area contributed by atoms with Crippen LogP contribution in [0.4, 0.5) is 14.4 Å². The fraction of sp³-hybridized carbons (Fsp3) is 0.474. The van der Waals surface area contributed by atoms with Crippen LogP contribution in [0.2, 0.25) is 0 Å². The lowest BCUT2D eigenvalue weighted by molar-refractivity contribution is -0.155. The fourth-order valence-electron chi connectivity index (χ4n) is 2.11. The molecule has 1 aromatic rings. The van der Waals surface area contributed by atoms with Crippen LogP contribution in [0.1, 0.15) is 19.4 Å². The minimum absolute atomic E-state index is 0.00612. The Bertz CT molecular complexity index is 795. The highest BCUT2D eigenvalue weighted by atomic mass is 16.7. The van der Waals surface area contributed by atoms with Gasteiger partial charge in [0.1, 0.15) is 18.2 Å². The van der Waals surface area contributed by atoms with Crippen LogP contribution < -0.4 is 15.2 Å². The number of rotatable bonds is 8. The maximum atomic E-state index is 12.3. The van der Waals surface area contributed by atoms with Gasteiger partial charge in [0.15, 0.2) is 11.5 Å². The van der Waals surface area contributed by atoms with Gasteiger partial charge >= 0.3 is 24.4 Å². The summed E-state index contributed by atoms with van der Waals surface area (Å²) in [5.41, 5.74) is 6.36. The molecule has 172 valence electrons. The van der Waals surface area contributed by atoms with Gasteiger partial charge in [-0.2, -0.15) is 0 Å². The second-order valence-corrected chi connectivity index (χ2v) is 6.12. The van der Waals surface area contributed by atoms with E-state index in [-0.39, 0.29) is 17.9 Å². The first-order valence-electron chi connectivity index (χ1n) is 8.96. The summed E-state index contributed by atoms with van der Waals surface area (Å²) in [5.74, 6) is -1.01. The second-order valence-electron chi connectivity index (χ2n) is 6.12. The number of ether oxygens (including phenoxy) is 7. The highest BCUT2D eigenvalue weighted by molar-refractivity contribution is 5.76. The van der Waals surface area contributed by atoms with Crippen molar-refractivity contribution < 1.29 is 52.3 Å². The zero-order valence-electron chi connectivity index (χ0n) is 17.7. The third-order valence-electron chi connectivity index (χ3n) is 3.90. The van der Waals surface area contributed by atoms with Gasteiger partial charge in [0.25, 0.3) is 0 Å². The first kappa shape index (κ1) is 25.5. The molecule has 3 atom stereocenters. The third-order valence-corrected chi connectivity index (χ3v) is 3.90. The zero-order chi connectivity index (χ0) is 23.6. The highest BCUT2D eigenvalue weighted by Gasteiger charge is 2.25. The van der Waals surface area contributed by atoms with E-state index in [1.165, 1.54) is 32.0 Å². The van der Waals surface area contributed by atoms with Gasteiger partial charge in [0.2, 0.25) is 0 Å². The number of carbonyl (C=O) groups excluding carboxylic acids is 4. The van der Waals surface area contributed by atoms with E-state index in [0.717, 1.165) is 21.3 Å². The molecule has 0 saturated carbocycles. The molecule has 12 nitrogen and oxygen atoms in total. The number of nitrogens with two attached hydrogens (primary N) is 1. The molecule has 0 spiro atoms. The van der Waals surface area contributed by atoms with E-state index >= 15 is 0 Å². The maximum Gasteiger partial charge on any atom is 0.513 e. The number of esters is 1. The lowest BCUT2D eigenvalue weighted by Crippen LogP contribution is -2.39. The average Bonchev–Trinajstić information content (AvgIpc) is 2.74. The molecule has 0 aliphatic rings. The first-order chi connectivity index (χ1) is 14.6. The van der Waals surface area contributed by atoms with Gasteiger partial charge in [-0.15, -0.1) is 0 Å². The molecule has 0 radical (unpaired) electrons. The number of hydrogen-bond donors (Lipinski definition) is 1. The molecule has 0 aliphatic carbocycles. The molecular weight excluding hydrogens is 418 g/mol. The van der Waals surface area contributed by atoms with E-state index in [9.17, 15) is 19.2 Å². The van der Waals surface area contributed by atoms with Crippen molar-refractivity contribution in [3.8, 4) is 11.5 Å². The van der Waals surface area contributed by atoms with E-state index in [2.05, 4.69) is 14.2 Å². The number of carbonyl (C=O) groups is 4. The summed E-state index contributed by atoms with van der Waals surface area (Å²) in [6.07, 6.45) is -4.55. The molecule has 0 saturated heterocycles. The van der Waals surface area contributed by atoms with Gasteiger partial charge in [0, 0.05) is 0 Å². The van der Waals surface area contributed by atoms with Crippen molar-refractivity contribution in [1.29, 1.82) is 0 Å². The van der Waals surface area contributed by atoms with Crippen molar-refractivity contribution in [2.45, 2.75) is 38.5 Å². The van der Waals surface area contributed by atoms with Crippen LogP contribution in [0, 0.1) is 0 Å². The Labute approximate surface area is 178 Å². The van der Waals surface area contributed by atoms with Crippen LogP contribution in [-0.2, 0) is 34.9 Å².